The lowest BCUT2D eigenvalue weighted by Gasteiger charge is -2.14. The van der Waals surface area contributed by atoms with Gasteiger partial charge in [0.05, 0.1) is 5.56 Å². The lowest BCUT2D eigenvalue weighted by atomic mass is 10.1. The number of aromatic nitrogens is 4. The Labute approximate surface area is 146 Å². The number of rotatable bonds is 3. The summed E-state index contributed by atoms with van der Waals surface area (Å²) < 4.78 is 40.7. The average Bonchev–Trinajstić information content (AvgIpc) is 3.18. The molecule has 1 aliphatic heterocycles. The van der Waals surface area contributed by atoms with E-state index in [9.17, 15) is 13.2 Å². The fourth-order valence-electron chi connectivity index (χ4n) is 3.17. The first-order chi connectivity index (χ1) is 12.3. The van der Waals surface area contributed by atoms with Gasteiger partial charge in [-0.2, -0.15) is 18.2 Å². The van der Waals surface area contributed by atoms with Gasteiger partial charge in [-0.1, -0.05) is 0 Å². The van der Waals surface area contributed by atoms with Gasteiger partial charge >= 0.3 is 6.18 Å². The van der Waals surface area contributed by atoms with Crippen molar-refractivity contribution in [3.63, 3.8) is 0 Å². The second kappa shape index (κ2) is 5.84. The van der Waals surface area contributed by atoms with Crippen molar-refractivity contribution >= 4 is 17.3 Å². The zero-order valence-corrected chi connectivity index (χ0v) is 13.9. The van der Waals surface area contributed by atoms with E-state index in [4.69, 9.17) is 5.73 Å². The fraction of sp³-hybridized carbons (Fsp3) is 0.312. The lowest BCUT2D eigenvalue weighted by molar-refractivity contribution is -0.137. The molecule has 0 aliphatic carbocycles. The molecule has 0 saturated carbocycles. The van der Waals surface area contributed by atoms with Crippen LogP contribution >= 0.6 is 0 Å². The zero-order valence-electron chi connectivity index (χ0n) is 13.9. The van der Waals surface area contributed by atoms with Crippen LogP contribution in [0.4, 0.5) is 24.7 Å². The minimum absolute atomic E-state index is 0.0695. The van der Waals surface area contributed by atoms with Crippen molar-refractivity contribution in [2.24, 2.45) is 0 Å². The van der Waals surface area contributed by atoms with Gasteiger partial charge in [0.25, 0.3) is 5.78 Å². The summed E-state index contributed by atoms with van der Waals surface area (Å²) in [5.74, 6) is 1.78. The van der Waals surface area contributed by atoms with Crippen molar-refractivity contribution in [2.45, 2.75) is 32.7 Å². The summed E-state index contributed by atoms with van der Waals surface area (Å²) in [5.41, 5.74) is 7.31. The Balaban J connectivity index is 1.66. The Bertz CT molecular complexity index is 994. The zero-order chi connectivity index (χ0) is 18.5. The van der Waals surface area contributed by atoms with Gasteiger partial charge in [0.1, 0.15) is 11.6 Å². The van der Waals surface area contributed by atoms with E-state index in [1.807, 2.05) is 11.3 Å². The molecule has 2 aromatic heterocycles. The molecule has 10 heteroatoms. The van der Waals surface area contributed by atoms with Crippen LogP contribution in [0.2, 0.25) is 0 Å². The normalized spacial score (nSPS) is 14.0. The second-order valence-corrected chi connectivity index (χ2v) is 6.19. The van der Waals surface area contributed by atoms with Crippen LogP contribution in [0.5, 0.6) is 0 Å². The third kappa shape index (κ3) is 2.81. The average molecular weight is 363 g/mol. The molecule has 1 aromatic carbocycles. The number of nitrogens with zero attached hydrogens (tertiary/aromatic N) is 4. The Hall–Kier alpha value is -2.88. The topological polar surface area (TPSA) is 93.2 Å². The highest BCUT2D eigenvalue weighted by atomic mass is 19.4. The van der Waals surface area contributed by atoms with Crippen LogP contribution in [0.15, 0.2) is 18.2 Å². The summed E-state index contributed by atoms with van der Waals surface area (Å²) >= 11 is 0. The number of alkyl halides is 3. The highest BCUT2D eigenvalue weighted by Gasteiger charge is 2.31. The van der Waals surface area contributed by atoms with Gasteiger partial charge in [-0.15, -0.1) is 10.2 Å². The molecule has 4 rings (SSSR count). The van der Waals surface area contributed by atoms with E-state index in [1.54, 1.807) is 0 Å². The van der Waals surface area contributed by atoms with Crippen LogP contribution in [-0.2, 0) is 25.8 Å². The maximum atomic E-state index is 13.0. The molecule has 0 saturated heterocycles. The quantitative estimate of drug-likeness (QED) is 0.618. The van der Waals surface area contributed by atoms with Crippen molar-refractivity contribution in [3.8, 4) is 0 Å². The number of nitrogens with one attached hydrogen (secondary N) is 2. The van der Waals surface area contributed by atoms with Crippen LogP contribution in [0.3, 0.4) is 0 Å². The molecule has 0 fully saturated rings. The van der Waals surface area contributed by atoms with Crippen molar-refractivity contribution in [1.29, 1.82) is 0 Å². The summed E-state index contributed by atoms with van der Waals surface area (Å²) in [6, 6.07) is 3.52. The summed E-state index contributed by atoms with van der Waals surface area (Å²) in [6.07, 6.45) is -4.44. The van der Waals surface area contributed by atoms with Gasteiger partial charge in [-0.05, 0) is 30.7 Å². The minimum Gasteiger partial charge on any atom is -0.399 e. The van der Waals surface area contributed by atoms with Crippen LogP contribution in [0.25, 0.3) is 5.78 Å². The van der Waals surface area contributed by atoms with Gasteiger partial charge in [0, 0.05) is 36.6 Å². The molecule has 0 bridgehead atoms. The first kappa shape index (κ1) is 16.6. The van der Waals surface area contributed by atoms with E-state index < -0.39 is 11.7 Å². The number of hydrogen-bond acceptors (Lipinski definition) is 6. The summed E-state index contributed by atoms with van der Waals surface area (Å²) in [6.45, 7) is 3.27. The molecule has 3 heterocycles. The van der Waals surface area contributed by atoms with Crippen molar-refractivity contribution in [2.75, 3.05) is 11.1 Å². The molecule has 4 N–H and O–H groups in total. The van der Waals surface area contributed by atoms with Gasteiger partial charge in [-0.25, -0.2) is 0 Å². The molecule has 26 heavy (non-hydrogen) atoms. The van der Waals surface area contributed by atoms with E-state index in [0.29, 0.717) is 30.2 Å². The van der Waals surface area contributed by atoms with Gasteiger partial charge < -0.3 is 16.4 Å². The molecule has 7 nitrogen and oxygen atoms in total. The predicted octanol–water partition coefficient (Wildman–Crippen LogP) is 2.25. The number of hydrogen-bond donors (Lipinski definition) is 3. The molecular weight excluding hydrogens is 347 g/mol. The van der Waals surface area contributed by atoms with E-state index >= 15 is 0 Å². The van der Waals surface area contributed by atoms with Crippen LogP contribution in [-0.4, -0.2) is 19.6 Å². The molecule has 0 unspecified atom stereocenters. The van der Waals surface area contributed by atoms with Gasteiger partial charge in [0.2, 0.25) is 0 Å². The van der Waals surface area contributed by atoms with Crippen molar-refractivity contribution in [3.05, 3.63) is 46.4 Å². The highest BCUT2D eigenvalue weighted by molar-refractivity contribution is 5.55. The Morgan fingerprint density at radius 1 is 1.23 bits per heavy atom. The molecule has 0 atom stereocenters. The third-order valence-corrected chi connectivity index (χ3v) is 4.32. The molecule has 136 valence electrons. The largest absolute Gasteiger partial charge is 0.416 e. The Morgan fingerprint density at radius 3 is 2.81 bits per heavy atom. The van der Waals surface area contributed by atoms with E-state index in [0.717, 1.165) is 29.2 Å². The number of aryl methyl sites for hydroxylation is 1. The fourth-order valence-corrected chi connectivity index (χ4v) is 3.17. The molecular formula is C16H16F3N7. The number of anilines is 2. The maximum absolute atomic E-state index is 13.0. The number of halogens is 3. The Kier molecular flexibility index (Phi) is 3.72. The molecule has 0 radical (unpaired) electrons. The van der Waals surface area contributed by atoms with E-state index in [2.05, 4.69) is 25.8 Å². The highest BCUT2D eigenvalue weighted by Crippen LogP contribution is 2.32. The Morgan fingerprint density at radius 2 is 2.04 bits per heavy atom. The SMILES string of the molecule is Cc1nnc2nc(NCc3cc(N)cc(C(F)(F)F)c3)c3c(n12)CNC3. The van der Waals surface area contributed by atoms with Crippen molar-refractivity contribution < 1.29 is 13.2 Å². The maximum Gasteiger partial charge on any atom is 0.416 e. The number of nitrogens with two attached hydrogens (primary N) is 1. The summed E-state index contributed by atoms with van der Waals surface area (Å²) in [4.78, 5) is 4.46. The lowest BCUT2D eigenvalue weighted by Crippen LogP contribution is -2.11. The van der Waals surface area contributed by atoms with Crippen molar-refractivity contribution in [1.82, 2.24) is 24.9 Å². The second-order valence-electron chi connectivity index (χ2n) is 6.19. The van der Waals surface area contributed by atoms with E-state index in [1.165, 1.54) is 6.07 Å². The molecule has 1 aliphatic rings. The number of fused-ring (bicyclic) bond motifs is 3. The monoisotopic (exact) mass is 363 g/mol. The van der Waals surface area contributed by atoms with Crippen LogP contribution < -0.4 is 16.4 Å². The van der Waals surface area contributed by atoms with Gasteiger partial charge in [-0.3, -0.25) is 4.40 Å². The van der Waals surface area contributed by atoms with Crippen LogP contribution in [0, 0.1) is 6.92 Å². The predicted molar refractivity (Wildman–Crippen MR) is 89.2 cm³/mol. The molecule has 3 aromatic rings. The number of nitrogen functional groups attached to an aromatic ring is 1. The van der Waals surface area contributed by atoms with Crippen LogP contribution in [0.1, 0.15) is 28.2 Å². The molecule has 0 amide bonds. The summed E-state index contributed by atoms with van der Waals surface area (Å²) in [7, 11) is 0. The minimum atomic E-state index is -4.44. The molecule has 0 spiro atoms. The summed E-state index contributed by atoms with van der Waals surface area (Å²) in [5, 5.41) is 14.4. The third-order valence-electron chi connectivity index (χ3n) is 4.32. The first-order valence-corrected chi connectivity index (χ1v) is 7.97. The number of benzene rings is 1. The smallest absolute Gasteiger partial charge is 0.399 e. The first-order valence-electron chi connectivity index (χ1n) is 7.97. The van der Waals surface area contributed by atoms with Gasteiger partial charge in [0.15, 0.2) is 0 Å². The standard InChI is InChI=1S/C16H16F3N7/c1-8-24-25-15-23-14(12-6-21-7-13(12)26(8)15)22-5-9-2-10(16(17,18)19)4-11(20)3-9/h2-4,21H,5-7,20H2,1H3,(H,22,23,25). The van der Waals surface area contributed by atoms with E-state index in [-0.39, 0.29) is 12.2 Å².